The van der Waals surface area contributed by atoms with Crippen LogP contribution in [-0.2, 0) is 20.1 Å². The molecule has 0 aliphatic rings. The Kier molecular flexibility index (Phi) is 4.46. The van der Waals surface area contributed by atoms with Crippen LogP contribution in [0.3, 0.4) is 0 Å². The molecular weight excluding hydrogens is 304 g/mol. The van der Waals surface area contributed by atoms with Gasteiger partial charge < -0.3 is 4.74 Å². The van der Waals surface area contributed by atoms with E-state index in [1.807, 2.05) is 43.3 Å². The quantitative estimate of drug-likeness (QED) is 0.723. The molecule has 0 aliphatic heterocycles. The van der Waals surface area contributed by atoms with Crippen LogP contribution in [0.15, 0.2) is 47.3 Å². The van der Waals surface area contributed by atoms with E-state index >= 15 is 0 Å². The summed E-state index contributed by atoms with van der Waals surface area (Å²) in [4.78, 5) is 12.2. The average Bonchev–Trinajstić information content (AvgIpc) is 2.93. The zero-order valence-electron chi connectivity index (χ0n) is 14.1. The van der Waals surface area contributed by atoms with Crippen LogP contribution in [-0.4, -0.2) is 19.8 Å². The van der Waals surface area contributed by atoms with Gasteiger partial charge in [0.25, 0.3) is 0 Å². The van der Waals surface area contributed by atoms with E-state index in [0.29, 0.717) is 12.3 Å². The van der Waals surface area contributed by atoms with E-state index in [9.17, 15) is 4.79 Å². The summed E-state index contributed by atoms with van der Waals surface area (Å²) >= 11 is 0. The van der Waals surface area contributed by atoms with Crippen LogP contribution in [0.4, 0.5) is 0 Å². The van der Waals surface area contributed by atoms with Crippen LogP contribution in [0.5, 0.6) is 5.75 Å². The van der Waals surface area contributed by atoms with E-state index < -0.39 is 0 Å². The first kappa shape index (κ1) is 16.0. The smallest absolute Gasteiger partial charge is 0.368 e. The normalized spacial score (nSPS) is 10.8. The summed E-state index contributed by atoms with van der Waals surface area (Å²) in [6.07, 6.45) is 0.903. The number of tetrazole rings is 1. The molecule has 0 saturated carbocycles. The van der Waals surface area contributed by atoms with Crippen LogP contribution >= 0.6 is 0 Å². The number of hydrogen-bond donors (Lipinski definition) is 0. The van der Waals surface area contributed by atoms with Crippen molar-refractivity contribution in [2.45, 2.75) is 26.9 Å². The average molecular weight is 324 g/mol. The predicted octanol–water partition coefficient (Wildman–Crippen LogP) is 2.42. The van der Waals surface area contributed by atoms with Crippen molar-refractivity contribution < 1.29 is 4.74 Å². The van der Waals surface area contributed by atoms with Gasteiger partial charge in [-0.05, 0) is 47.0 Å². The Morgan fingerprint density at radius 2 is 1.88 bits per heavy atom. The van der Waals surface area contributed by atoms with Crippen molar-refractivity contribution in [2.24, 2.45) is 7.05 Å². The van der Waals surface area contributed by atoms with Gasteiger partial charge in [0.05, 0.1) is 5.69 Å². The highest BCUT2D eigenvalue weighted by molar-refractivity contribution is 5.45. The molecule has 0 spiro atoms. The molecule has 3 rings (SSSR count). The van der Waals surface area contributed by atoms with Gasteiger partial charge in [0, 0.05) is 12.6 Å². The first-order valence-electron chi connectivity index (χ1n) is 7.90. The Morgan fingerprint density at radius 3 is 2.58 bits per heavy atom. The highest BCUT2D eigenvalue weighted by Gasteiger charge is 2.14. The molecule has 6 heteroatoms. The molecule has 2 aromatic carbocycles. The second-order valence-electron chi connectivity index (χ2n) is 5.62. The molecule has 0 radical (unpaired) electrons. The maximum Gasteiger partial charge on any atom is 0.368 e. The van der Waals surface area contributed by atoms with E-state index in [1.54, 1.807) is 7.05 Å². The highest BCUT2D eigenvalue weighted by Crippen LogP contribution is 2.23. The molecule has 24 heavy (non-hydrogen) atoms. The van der Waals surface area contributed by atoms with E-state index in [4.69, 9.17) is 4.74 Å². The monoisotopic (exact) mass is 324 g/mol. The van der Waals surface area contributed by atoms with Crippen molar-refractivity contribution in [3.05, 3.63) is 69.6 Å². The molecule has 0 unspecified atom stereocenters. The summed E-state index contributed by atoms with van der Waals surface area (Å²) < 4.78 is 8.54. The van der Waals surface area contributed by atoms with E-state index in [1.165, 1.54) is 9.36 Å². The van der Waals surface area contributed by atoms with Crippen LogP contribution in [0.25, 0.3) is 5.69 Å². The fraction of sp³-hybridized carbons (Fsp3) is 0.278. The number of nitrogens with zero attached hydrogens (tertiary/aromatic N) is 4. The lowest BCUT2D eigenvalue weighted by molar-refractivity contribution is 0.301. The molecule has 1 heterocycles. The number of ether oxygens (including phenoxy) is 1. The molecule has 0 atom stereocenters. The summed E-state index contributed by atoms with van der Waals surface area (Å²) in [5, 5.41) is 7.72. The van der Waals surface area contributed by atoms with Crippen molar-refractivity contribution in [1.82, 2.24) is 19.8 Å². The fourth-order valence-corrected chi connectivity index (χ4v) is 2.62. The highest BCUT2D eigenvalue weighted by atomic mass is 16.5. The van der Waals surface area contributed by atoms with Crippen molar-refractivity contribution >= 4 is 0 Å². The lowest BCUT2D eigenvalue weighted by Crippen LogP contribution is -2.23. The Morgan fingerprint density at radius 1 is 1.08 bits per heavy atom. The number of hydrogen-bond acceptors (Lipinski definition) is 4. The largest absolute Gasteiger partial charge is 0.489 e. The maximum atomic E-state index is 12.2. The summed E-state index contributed by atoms with van der Waals surface area (Å²) in [5.41, 5.74) is 3.53. The second kappa shape index (κ2) is 6.70. The molecular formula is C18H20N4O2. The molecule has 0 fully saturated rings. The molecule has 0 saturated heterocycles. The lowest BCUT2D eigenvalue weighted by Gasteiger charge is -2.14. The number of aryl methyl sites for hydroxylation is 3. The third-order valence-electron chi connectivity index (χ3n) is 4.06. The Balaban J connectivity index is 1.96. The molecule has 124 valence electrons. The first-order chi connectivity index (χ1) is 11.6. The number of benzene rings is 2. The lowest BCUT2D eigenvalue weighted by atomic mass is 10.1. The van der Waals surface area contributed by atoms with Gasteiger partial charge in [0.1, 0.15) is 12.4 Å². The minimum absolute atomic E-state index is 0.282. The van der Waals surface area contributed by atoms with E-state index in [2.05, 4.69) is 23.4 Å². The summed E-state index contributed by atoms with van der Waals surface area (Å²) in [7, 11) is 1.58. The fourth-order valence-electron chi connectivity index (χ4n) is 2.62. The number of aromatic nitrogens is 4. The summed E-state index contributed by atoms with van der Waals surface area (Å²) in [6, 6.07) is 13.7. The van der Waals surface area contributed by atoms with E-state index in [-0.39, 0.29) is 5.69 Å². The summed E-state index contributed by atoms with van der Waals surface area (Å²) in [6.45, 7) is 4.46. The van der Waals surface area contributed by atoms with Crippen LogP contribution in [0.2, 0.25) is 0 Å². The van der Waals surface area contributed by atoms with Gasteiger partial charge in [-0.25, -0.2) is 4.79 Å². The van der Waals surface area contributed by atoms with Crippen molar-refractivity contribution in [3.63, 3.8) is 0 Å². The van der Waals surface area contributed by atoms with Crippen LogP contribution < -0.4 is 10.4 Å². The van der Waals surface area contributed by atoms with Crippen molar-refractivity contribution in [1.29, 1.82) is 0 Å². The molecule has 0 amide bonds. The second-order valence-corrected chi connectivity index (χ2v) is 5.62. The maximum absolute atomic E-state index is 12.2. The SMILES string of the molecule is CCc1ccccc1OCc1c(C)cccc1-n1nnn(C)c1=O. The third kappa shape index (κ3) is 2.95. The number of rotatable bonds is 5. The third-order valence-corrected chi connectivity index (χ3v) is 4.06. The zero-order chi connectivity index (χ0) is 17.1. The molecule has 0 N–H and O–H groups in total. The standard InChI is InChI=1S/C18H20N4O2/c1-4-14-9-5-6-11-17(14)24-12-15-13(2)8-7-10-16(15)22-18(23)21(3)19-20-22/h5-11H,4,12H2,1-3H3. The Hall–Kier alpha value is -2.89. The van der Waals surface area contributed by atoms with Gasteiger partial charge in [-0.15, -0.1) is 0 Å². The Bertz CT molecular complexity index is 911. The summed E-state index contributed by atoms with van der Waals surface area (Å²) in [5.74, 6) is 0.862. The van der Waals surface area contributed by atoms with Gasteiger partial charge in [0.2, 0.25) is 0 Å². The van der Waals surface area contributed by atoms with Gasteiger partial charge in [0.15, 0.2) is 0 Å². The molecule has 1 aromatic heterocycles. The predicted molar refractivity (Wildman–Crippen MR) is 91.5 cm³/mol. The first-order valence-corrected chi connectivity index (χ1v) is 7.90. The molecule has 6 nitrogen and oxygen atoms in total. The topological polar surface area (TPSA) is 61.9 Å². The van der Waals surface area contributed by atoms with Crippen LogP contribution in [0.1, 0.15) is 23.6 Å². The van der Waals surface area contributed by atoms with E-state index in [0.717, 1.165) is 28.9 Å². The van der Waals surface area contributed by atoms with Crippen LogP contribution in [0, 0.1) is 6.92 Å². The number of para-hydroxylation sites is 1. The van der Waals surface area contributed by atoms with Crippen molar-refractivity contribution in [3.8, 4) is 11.4 Å². The van der Waals surface area contributed by atoms with Gasteiger partial charge in [-0.1, -0.05) is 37.3 Å². The molecule has 0 aliphatic carbocycles. The molecule has 0 bridgehead atoms. The van der Waals surface area contributed by atoms with Crippen molar-refractivity contribution in [2.75, 3.05) is 0 Å². The Labute approximate surface area is 140 Å². The van der Waals surface area contributed by atoms with Gasteiger partial charge in [-0.2, -0.15) is 9.36 Å². The molecule has 3 aromatic rings. The zero-order valence-corrected chi connectivity index (χ0v) is 14.1. The minimum Gasteiger partial charge on any atom is -0.489 e. The van der Waals surface area contributed by atoms with Gasteiger partial charge in [-0.3, -0.25) is 0 Å². The minimum atomic E-state index is -0.282. The van der Waals surface area contributed by atoms with Gasteiger partial charge >= 0.3 is 5.69 Å².